The Morgan fingerprint density at radius 2 is 2.12 bits per heavy atom. The van der Waals surface area contributed by atoms with E-state index in [1.54, 1.807) is 12.2 Å². The van der Waals surface area contributed by atoms with Gasteiger partial charge in [0, 0.05) is 12.6 Å². The SMILES string of the molecule is CC(C)CN(CC(=O)O)C(=O)C1C=CC(N)C1. The van der Waals surface area contributed by atoms with Crippen LogP contribution in [0.5, 0.6) is 0 Å². The van der Waals surface area contributed by atoms with Crippen LogP contribution in [0.25, 0.3) is 0 Å². The van der Waals surface area contributed by atoms with Crippen LogP contribution in [0, 0.1) is 11.8 Å². The summed E-state index contributed by atoms with van der Waals surface area (Å²) in [7, 11) is 0. The minimum atomic E-state index is -0.981. The van der Waals surface area contributed by atoms with Gasteiger partial charge in [0.25, 0.3) is 0 Å². The van der Waals surface area contributed by atoms with Gasteiger partial charge in [-0.1, -0.05) is 26.0 Å². The highest BCUT2D eigenvalue weighted by molar-refractivity contribution is 5.84. The van der Waals surface area contributed by atoms with Crippen LogP contribution in [-0.2, 0) is 9.59 Å². The van der Waals surface area contributed by atoms with Gasteiger partial charge in [-0.05, 0) is 12.3 Å². The number of carbonyl (C=O) groups excluding carboxylic acids is 1. The fraction of sp³-hybridized carbons (Fsp3) is 0.667. The second-order valence-corrected chi connectivity index (χ2v) is 4.90. The highest BCUT2D eigenvalue weighted by Crippen LogP contribution is 2.19. The second kappa shape index (κ2) is 5.82. The molecule has 0 saturated carbocycles. The largest absolute Gasteiger partial charge is 0.480 e. The van der Waals surface area contributed by atoms with Crippen molar-refractivity contribution in [2.24, 2.45) is 17.6 Å². The summed E-state index contributed by atoms with van der Waals surface area (Å²) in [6.07, 6.45) is 4.16. The van der Waals surface area contributed by atoms with Crippen LogP contribution in [0.2, 0.25) is 0 Å². The second-order valence-electron chi connectivity index (χ2n) is 4.90. The Hall–Kier alpha value is -1.36. The summed E-state index contributed by atoms with van der Waals surface area (Å²) in [5.41, 5.74) is 5.69. The topological polar surface area (TPSA) is 83.6 Å². The predicted molar refractivity (Wildman–Crippen MR) is 64.3 cm³/mol. The molecular formula is C12H20N2O3. The lowest BCUT2D eigenvalue weighted by molar-refractivity contribution is -0.146. The van der Waals surface area contributed by atoms with Crippen LogP contribution in [0.1, 0.15) is 20.3 Å². The molecule has 0 saturated heterocycles. The molecule has 0 bridgehead atoms. The molecule has 1 rings (SSSR count). The summed E-state index contributed by atoms with van der Waals surface area (Å²) in [6, 6.07) is -0.0883. The highest BCUT2D eigenvalue weighted by Gasteiger charge is 2.28. The van der Waals surface area contributed by atoms with E-state index in [0.717, 1.165) is 0 Å². The number of aliphatic carboxylic acids is 1. The highest BCUT2D eigenvalue weighted by atomic mass is 16.4. The van der Waals surface area contributed by atoms with Gasteiger partial charge < -0.3 is 15.7 Å². The third-order valence-corrected chi connectivity index (χ3v) is 2.66. The van der Waals surface area contributed by atoms with Crippen LogP contribution in [-0.4, -0.2) is 41.0 Å². The van der Waals surface area contributed by atoms with E-state index in [4.69, 9.17) is 10.8 Å². The Bertz CT molecular complexity index is 326. The number of hydrogen-bond donors (Lipinski definition) is 2. The van der Waals surface area contributed by atoms with Crippen molar-refractivity contribution >= 4 is 11.9 Å². The van der Waals surface area contributed by atoms with Crippen molar-refractivity contribution in [1.29, 1.82) is 0 Å². The monoisotopic (exact) mass is 240 g/mol. The lowest BCUT2D eigenvalue weighted by Gasteiger charge is -2.25. The molecule has 1 amide bonds. The predicted octanol–water partition coefficient (Wildman–Crippen LogP) is 0.459. The normalized spacial score (nSPS) is 23.1. The van der Waals surface area contributed by atoms with E-state index in [9.17, 15) is 9.59 Å². The van der Waals surface area contributed by atoms with Crippen LogP contribution in [0.15, 0.2) is 12.2 Å². The van der Waals surface area contributed by atoms with E-state index in [1.807, 2.05) is 13.8 Å². The van der Waals surface area contributed by atoms with Gasteiger partial charge in [0.15, 0.2) is 0 Å². The Kier molecular flexibility index (Phi) is 4.69. The van der Waals surface area contributed by atoms with Gasteiger partial charge in [-0.25, -0.2) is 0 Å². The summed E-state index contributed by atoms with van der Waals surface area (Å²) in [6.45, 7) is 4.14. The summed E-state index contributed by atoms with van der Waals surface area (Å²) >= 11 is 0. The molecule has 2 atom stereocenters. The van der Waals surface area contributed by atoms with Crippen molar-refractivity contribution in [3.05, 3.63) is 12.2 Å². The van der Waals surface area contributed by atoms with Gasteiger partial charge in [-0.2, -0.15) is 0 Å². The summed E-state index contributed by atoms with van der Waals surface area (Å²) < 4.78 is 0. The molecule has 0 aliphatic heterocycles. The zero-order chi connectivity index (χ0) is 13.0. The minimum absolute atomic E-state index is 0.0883. The van der Waals surface area contributed by atoms with Crippen molar-refractivity contribution in [2.75, 3.05) is 13.1 Å². The molecule has 5 heteroatoms. The van der Waals surface area contributed by atoms with E-state index in [2.05, 4.69) is 0 Å². The first-order chi connectivity index (χ1) is 7.90. The van der Waals surface area contributed by atoms with Gasteiger partial charge >= 0.3 is 5.97 Å². The number of hydrogen-bond acceptors (Lipinski definition) is 3. The number of nitrogens with zero attached hydrogens (tertiary/aromatic N) is 1. The number of carboxylic acids is 1. The summed E-state index contributed by atoms with van der Waals surface area (Å²) in [4.78, 5) is 24.3. The van der Waals surface area contributed by atoms with Crippen LogP contribution in [0.4, 0.5) is 0 Å². The van der Waals surface area contributed by atoms with Crippen LogP contribution >= 0.6 is 0 Å². The van der Waals surface area contributed by atoms with Crippen LogP contribution in [0.3, 0.4) is 0 Å². The molecular weight excluding hydrogens is 220 g/mol. The van der Waals surface area contributed by atoms with E-state index in [0.29, 0.717) is 13.0 Å². The van der Waals surface area contributed by atoms with Crippen molar-refractivity contribution in [2.45, 2.75) is 26.3 Å². The van der Waals surface area contributed by atoms with Crippen molar-refractivity contribution in [1.82, 2.24) is 4.90 Å². The van der Waals surface area contributed by atoms with Gasteiger partial charge in [-0.15, -0.1) is 0 Å². The molecule has 5 nitrogen and oxygen atoms in total. The average molecular weight is 240 g/mol. The molecule has 0 spiro atoms. The van der Waals surface area contributed by atoms with Crippen molar-refractivity contribution in [3.63, 3.8) is 0 Å². The molecule has 0 aromatic rings. The molecule has 17 heavy (non-hydrogen) atoms. The molecule has 0 aromatic heterocycles. The molecule has 96 valence electrons. The third-order valence-electron chi connectivity index (χ3n) is 2.66. The van der Waals surface area contributed by atoms with E-state index in [1.165, 1.54) is 4.90 Å². The summed E-state index contributed by atoms with van der Waals surface area (Å²) in [5, 5.41) is 8.80. The first-order valence-corrected chi connectivity index (χ1v) is 5.84. The number of amides is 1. The number of nitrogens with two attached hydrogens (primary N) is 1. The first kappa shape index (κ1) is 13.7. The van der Waals surface area contributed by atoms with Gasteiger partial charge in [-0.3, -0.25) is 9.59 Å². The first-order valence-electron chi connectivity index (χ1n) is 5.84. The molecule has 1 aliphatic rings. The molecule has 2 unspecified atom stereocenters. The summed E-state index contributed by atoms with van der Waals surface area (Å²) in [5.74, 6) is -1.13. The Balaban J connectivity index is 2.65. The molecule has 3 N–H and O–H groups in total. The number of rotatable bonds is 5. The van der Waals surface area contributed by atoms with E-state index >= 15 is 0 Å². The zero-order valence-corrected chi connectivity index (χ0v) is 10.3. The molecule has 0 fully saturated rings. The quantitative estimate of drug-likeness (QED) is 0.684. The number of carboxylic acid groups (broad SMARTS) is 1. The minimum Gasteiger partial charge on any atom is -0.480 e. The number of carbonyl (C=O) groups is 2. The Labute approximate surface area is 101 Å². The molecule has 0 aromatic carbocycles. The van der Waals surface area contributed by atoms with E-state index < -0.39 is 5.97 Å². The fourth-order valence-corrected chi connectivity index (χ4v) is 1.98. The Morgan fingerprint density at radius 3 is 2.53 bits per heavy atom. The van der Waals surface area contributed by atoms with Crippen molar-refractivity contribution < 1.29 is 14.7 Å². The zero-order valence-electron chi connectivity index (χ0n) is 10.3. The maximum Gasteiger partial charge on any atom is 0.323 e. The maximum absolute atomic E-state index is 12.1. The standard InChI is InChI=1S/C12H20N2O3/c1-8(2)6-14(7-11(15)16)12(17)9-3-4-10(13)5-9/h3-4,8-10H,5-7,13H2,1-2H3,(H,15,16). The van der Waals surface area contributed by atoms with Gasteiger partial charge in [0.1, 0.15) is 6.54 Å². The Morgan fingerprint density at radius 1 is 1.47 bits per heavy atom. The average Bonchev–Trinajstić information content (AvgIpc) is 2.61. The molecule has 0 radical (unpaired) electrons. The fourth-order valence-electron chi connectivity index (χ4n) is 1.98. The maximum atomic E-state index is 12.1. The van der Waals surface area contributed by atoms with Crippen molar-refractivity contribution in [3.8, 4) is 0 Å². The van der Waals surface area contributed by atoms with Crippen LogP contribution < -0.4 is 5.73 Å². The smallest absolute Gasteiger partial charge is 0.323 e. The molecule has 1 aliphatic carbocycles. The molecule has 0 heterocycles. The lowest BCUT2D eigenvalue weighted by Crippen LogP contribution is -2.41. The lowest BCUT2D eigenvalue weighted by atomic mass is 10.1. The van der Waals surface area contributed by atoms with Gasteiger partial charge in [0.2, 0.25) is 5.91 Å². The van der Waals surface area contributed by atoms with Gasteiger partial charge in [0.05, 0.1) is 5.92 Å². The third kappa shape index (κ3) is 4.19. The van der Waals surface area contributed by atoms with E-state index in [-0.39, 0.29) is 30.3 Å².